The summed E-state index contributed by atoms with van der Waals surface area (Å²) in [5, 5.41) is 4.49. The number of rotatable bonds is 3. The number of hydrogen-bond donors (Lipinski definition) is 0. The summed E-state index contributed by atoms with van der Waals surface area (Å²) in [7, 11) is 1.99. The predicted molar refractivity (Wildman–Crippen MR) is 117 cm³/mol. The van der Waals surface area contributed by atoms with Gasteiger partial charge in [-0.3, -0.25) is 9.58 Å². The van der Waals surface area contributed by atoms with Gasteiger partial charge in [-0.25, -0.2) is 0 Å². The Balaban J connectivity index is 1.41. The van der Waals surface area contributed by atoms with Crippen molar-refractivity contribution in [2.24, 2.45) is 7.05 Å². The second kappa shape index (κ2) is 7.53. The molecule has 0 saturated heterocycles. The third-order valence-electron chi connectivity index (χ3n) is 6.05. The van der Waals surface area contributed by atoms with Crippen LogP contribution in [0.5, 0.6) is 5.75 Å². The molecule has 0 radical (unpaired) electrons. The molecule has 0 amide bonds. The van der Waals surface area contributed by atoms with Crippen LogP contribution in [-0.2, 0) is 26.6 Å². The zero-order chi connectivity index (χ0) is 19.8. The average molecular weight is 386 g/mol. The van der Waals surface area contributed by atoms with Crippen molar-refractivity contribution in [3.8, 4) is 5.75 Å². The lowest BCUT2D eigenvalue weighted by atomic mass is 9.88. The molecule has 1 aliphatic carbocycles. The molecule has 0 unspecified atom stereocenters. The van der Waals surface area contributed by atoms with Crippen LogP contribution >= 0.6 is 0 Å². The van der Waals surface area contributed by atoms with Crippen LogP contribution in [0.1, 0.15) is 39.9 Å². The Labute approximate surface area is 172 Å². The van der Waals surface area contributed by atoms with Crippen LogP contribution in [0.4, 0.5) is 0 Å². The van der Waals surface area contributed by atoms with E-state index >= 15 is 0 Å². The molecule has 5 rings (SSSR count). The lowest BCUT2D eigenvalue weighted by Crippen LogP contribution is -2.25. The Bertz CT molecular complexity index is 1080. The summed E-state index contributed by atoms with van der Waals surface area (Å²) in [6, 6.07) is 15.4. The minimum atomic E-state index is 0.724. The quantitative estimate of drug-likeness (QED) is 0.660. The highest BCUT2D eigenvalue weighted by molar-refractivity contribution is 5.84. The molecule has 2 heterocycles. The van der Waals surface area contributed by atoms with E-state index in [-0.39, 0.29) is 0 Å². The van der Waals surface area contributed by atoms with Gasteiger partial charge in [-0.15, -0.1) is 0 Å². The number of ether oxygens (including phenoxy) is 1. The fraction of sp³-hybridized carbons (Fsp3) is 0.320. The Morgan fingerprint density at radius 3 is 2.83 bits per heavy atom. The lowest BCUT2D eigenvalue weighted by molar-refractivity contribution is 0.219. The van der Waals surface area contributed by atoms with E-state index in [1.54, 1.807) is 0 Å². The van der Waals surface area contributed by atoms with E-state index in [4.69, 9.17) is 4.74 Å². The van der Waals surface area contributed by atoms with Crippen molar-refractivity contribution in [2.45, 2.75) is 32.9 Å². The standard InChI is InChI=1S/C25H27N3O/c1-18-24(15-27(2)26-18)17-28-11-12-29-25-10-9-22(14-23(25)16-28)21-8-7-19-5-3-4-6-20(19)13-21/h3-6,9-10,13-15H,7-8,11-12,16-17H2,1-2H3. The van der Waals surface area contributed by atoms with Gasteiger partial charge < -0.3 is 4.74 Å². The Kier molecular flexibility index (Phi) is 4.72. The first-order valence-corrected chi connectivity index (χ1v) is 10.4. The number of hydrogen-bond acceptors (Lipinski definition) is 3. The third-order valence-corrected chi connectivity index (χ3v) is 6.05. The summed E-state index contributed by atoms with van der Waals surface area (Å²) in [6.07, 6.45) is 6.69. The van der Waals surface area contributed by atoms with Gasteiger partial charge in [0.25, 0.3) is 0 Å². The molecule has 4 nitrogen and oxygen atoms in total. The monoisotopic (exact) mass is 385 g/mol. The summed E-state index contributed by atoms with van der Waals surface area (Å²) in [5.74, 6) is 1.02. The van der Waals surface area contributed by atoms with Crippen LogP contribution in [0.15, 0.2) is 48.7 Å². The predicted octanol–water partition coefficient (Wildman–Crippen LogP) is 4.61. The largest absolute Gasteiger partial charge is 0.492 e. The van der Waals surface area contributed by atoms with Crippen LogP contribution < -0.4 is 4.74 Å². The van der Waals surface area contributed by atoms with Gasteiger partial charge >= 0.3 is 0 Å². The summed E-state index contributed by atoms with van der Waals surface area (Å²) < 4.78 is 7.97. The minimum absolute atomic E-state index is 0.724. The first kappa shape index (κ1) is 18.2. The minimum Gasteiger partial charge on any atom is -0.492 e. The maximum atomic E-state index is 6.07. The zero-order valence-corrected chi connectivity index (χ0v) is 17.2. The molecular formula is C25H27N3O. The summed E-state index contributed by atoms with van der Waals surface area (Å²) in [4.78, 5) is 2.46. The van der Waals surface area contributed by atoms with E-state index in [2.05, 4.69) is 71.7 Å². The van der Waals surface area contributed by atoms with Gasteiger partial charge in [-0.05, 0) is 54.2 Å². The van der Waals surface area contributed by atoms with Gasteiger partial charge in [-0.2, -0.15) is 5.10 Å². The number of nitrogens with zero attached hydrogens (tertiary/aromatic N) is 3. The number of benzene rings is 2. The van der Waals surface area contributed by atoms with E-state index in [1.165, 1.54) is 33.4 Å². The van der Waals surface area contributed by atoms with Crippen molar-refractivity contribution in [3.63, 3.8) is 0 Å². The molecule has 0 spiro atoms. The molecule has 0 saturated carbocycles. The summed E-state index contributed by atoms with van der Waals surface area (Å²) in [5.41, 5.74) is 9.23. The van der Waals surface area contributed by atoms with Crippen molar-refractivity contribution < 1.29 is 4.74 Å². The Morgan fingerprint density at radius 2 is 1.97 bits per heavy atom. The van der Waals surface area contributed by atoms with E-state index in [0.717, 1.165) is 50.5 Å². The molecular weight excluding hydrogens is 358 g/mol. The molecule has 2 aromatic carbocycles. The second-order valence-corrected chi connectivity index (χ2v) is 8.16. The van der Waals surface area contributed by atoms with Crippen molar-refractivity contribution in [1.82, 2.24) is 14.7 Å². The van der Waals surface area contributed by atoms with Crippen LogP contribution in [-0.4, -0.2) is 27.8 Å². The van der Waals surface area contributed by atoms with Gasteiger partial charge in [0.05, 0.1) is 5.69 Å². The van der Waals surface area contributed by atoms with Crippen molar-refractivity contribution in [1.29, 1.82) is 0 Å². The van der Waals surface area contributed by atoms with E-state index in [1.807, 2.05) is 11.7 Å². The van der Waals surface area contributed by atoms with Gasteiger partial charge in [0.1, 0.15) is 12.4 Å². The molecule has 0 atom stereocenters. The fourth-order valence-corrected chi connectivity index (χ4v) is 4.49. The van der Waals surface area contributed by atoms with E-state index < -0.39 is 0 Å². The van der Waals surface area contributed by atoms with Crippen LogP contribution in [0, 0.1) is 6.92 Å². The van der Waals surface area contributed by atoms with Gasteiger partial charge in [0.15, 0.2) is 0 Å². The summed E-state index contributed by atoms with van der Waals surface area (Å²) in [6.45, 7) is 5.55. The molecule has 148 valence electrons. The molecule has 1 aliphatic heterocycles. The van der Waals surface area contributed by atoms with Crippen LogP contribution in [0.25, 0.3) is 11.6 Å². The molecule has 0 N–H and O–H groups in total. The molecule has 0 bridgehead atoms. The van der Waals surface area contributed by atoms with Gasteiger partial charge in [-0.1, -0.05) is 36.4 Å². The number of aromatic nitrogens is 2. The van der Waals surface area contributed by atoms with Gasteiger partial charge in [0, 0.05) is 44.0 Å². The molecule has 3 aromatic rings. The maximum Gasteiger partial charge on any atom is 0.123 e. The molecule has 4 heteroatoms. The normalized spacial score (nSPS) is 16.4. The lowest BCUT2D eigenvalue weighted by Gasteiger charge is -2.20. The van der Waals surface area contributed by atoms with Gasteiger partial charge in [0.2, 0.25) is 0 Å². The zero-order valence-electron chi connectivity index (χ0n) is 17.2. The highest BCUT2D eigenvalue weighted by atomic mass is 16.5. The van der Waals surface area contributed by atoms with Crippen LogP contribution in [0.2, 0.25) is 0 Å². The summed E-state index contributed by atoms with van der Waals surface area (Å²) >= 11 is 0. The first-order valence-electron chi connectivity index (χ1n) is 10.4. The smallest absolute Gasteiger partial charge is 0.123 e. The first-order chi connectivity index (χ1) is 14.2. The third kappa shape index (κ3) is 3.73. The highest BCUT2D eigenvalue weighted by Gasteiger charge is 2.19. The molecule has 29 heavy (non-hydrogen) atoms. The Morgan fingerprint density at radius 1 is 1.07 bits per heavy atom. The number of allylic oxidation sites excluding steroid dienone is 1. The SMILES string of the molecule is Cc1nn(C)cc1CN1CCOc2ccc(C3=Cc4ccccc4CC3)cc2C1. The maximum absolute atomic E-state index is 6.07. The highest BCUT2D eigenvalue weighted by Crippen LogP contribution is 2.33. The molecule has 0 fully saturated rings. The topological polar surface area (TPSA) is 30.3 Å². The second-order valence-electron chi connectivity index (χ2n) is 8.16. The van der Waals surface area contributed by atoms with Crippen molar-refractivity contribution in [2.75, 3.05) is 13.2 Å². The van der Waals surface area contributed by atoms with E-state index in [9.17, 15) is 0 Å². The average Bonchev–Trinajstić information content (AvgIpc) is 2.92. The number of fused-ring (bicyclic) bond motifs is 2. The fourth-order valence-electron chi connectivity index (χ4n) is 4.49. The Hall–Kier alpha value is -2.85. The van der Waals surface area contributed by atoms with Crippen molar-refractivity contribution in [3.05, 3.63) is 82.2 Å². The molecule has 2 aliphatic rings. The molecule has 1 aromatic heterocycles. The van der Waals surface area contributed by atoms with Crippen molar-refractivity contribution >= 4 is 11.6 Å². The van der Waals surface area contributed by atoms with E-state index in [0.29, 0.717) is 0 Å². The van der Waals surface area contributed by atoms with Crippen LogP contribution in [0.3, 0.4) is 0 Å². The number of aryl methyl sites for hydroxylation is 3.